The lowest BCUT2D eigenvalue weighted by molar-refractivity contribution is 0.0978. The van der Waals surface area contributed by atoms with Crippen molar-refractivity contribution >= 4 is 11.6 Å². The van der Waals surface area contributed by atoms with Gasteiger partial charge in [-0.2, -0.15) is 0 Å². The van der Waals surface area contributed by atoms with Gasteiger partial charge in [-0.1, -0.05) is 47.5 Å². The van der Waals surface area contributed by atoms with Gasteiger partial charge in [0.15, 0.2) is 0 Å². The third-order valence-electron chi connectivity index (χ3n) is 4.93. The summed E-state index contributed by atoms with van der Waals surface area (Å²) in [6.07, 6.45) is 7.13. The molecule has 2 unspecified atom stereocenters. The van der Waals surface area contributed by atoms with Gasteiger partial charge in [-0.3, -0.25) is 0 Å². The Hall–Kier alpha value is -2.04. The standard InChI is InChI=1S/C21H26ClN3O/c1-16-4-6-18(7-5-16)12-20(14-26-3)25-11-10-24(15-25)17(2)19-8-9-21(22)23-13-19/h4-11,13,17,20H,12,14-15H2,1-3H3. The molecule has 5 heteroatoms. The molecule has 0 aliphatic carbocycles. The van der Waals surface area contributed by atoms with Crippen LogP contribution in [0.15, 0.2) is 55.0 Å². The molecule has 0 radical (unpaired) electrons. The highest BCUT2D eigenvalue weighted by Gasteiger charge is 2.25. The number of nitrogens with zero attached hydrogens (tertiary/aromatic N) is 3. The number of aromatic nitrogens is 1. The number of rotatable bonds is 7. The first-order valence-corrected chi connectivity index (χ1v) is 9.30. The Balaban J connectivity index is 1.65. The summed E-state index contributed by atoms with van der Waals surface area (Å²) in [6.45, 7) is 5.83. The fraction of sp³-hybridized carbons (Fsp3) is 0.381. The Morgan fingerprint density at radius 2 is 1.85 bits per heavy atom. The smallest absolute Gasteiger partial charge is 0.129 e. The summed E-state index contributed by atoms with van der Waals surface area (Å²) in [4.78, 5) is 8.86. The van der Waals surface area contributed by atoms with Crippen LogP contribution in [-0.4, -0.2) is 41.2 Å². The number of pyridine rings is 1. The van der Waals surface area contributed by atoms with Crippen molar-refractivity contribution in [3.63, 3.8) is 0 Å². The number of halogens is 1. The molecule has 0 saturated heterocycles. The predicted molar refractivity (Wildman–Crippen MR) is 106 cm³/mol. The monoisotopic (exact) mass is 371 g/mol. The SMILES string of the molecule is COCC(Cc1ccc(C)cc1)N1C=CN(C(C)c2ccc(Cl)nc2)C1. The van der Waals surface area contributed by atoms with Crippen molar-refractivity contribution in [1.82, 2.24) is 14.8 Å². The molecule has 26 heavy (non-hydrogen) atoms. The van der Waals surface area contributed by atoms with E-state index in [4.69, 9.17) is 16.3 Å². The van der Waals surface area contributed by atoms with Gasteiger partial charge in [-0.15, -0.1) is 0 Å². The van der Waals surface area contributed by atoms with E-state index < -0.39 is 0 Å². The van der Waals surface area contributed by atoms with E-state index in [1.165, 1.54) is 11.1 Å². The van der Waals surface area contributed by atoms with Gasteiger partial charge in [0, 0.05) is 25.7 Å². The lowest BCUT2D eigenvalue weighted by Crippen LogP contribution is -2.39. The van der Waals surface area contributed by atoms with E-state index in [9.17, 15) is 0 Å². The van der Waals surface area contributed by atoms with E-state index in [1.807, 2.05) is 18.3 Å². The molecule has 1 aliphatic heterocycles. The topological polar surface area (TPSA) is 28.6 Å². The second-order valence-electron chi connectivity index (χ2n) is 6.86. The van der Waals surface area contributed by atoms with Crippen molar-refractivity contribution in [1.29, 1.82) is 0 Å². The zero-order chi connectivity index (χ0) is 18.5. The van der Waals surface area contributed by atoms with Crippen molar-refractivity contribution in [3.8, 4) is 0 Å². The van der Waals surface area contributed by atoms with E-state index >= 15 is 0 Å². The van der Waals surface area contributed by atoms with Gasteiger partial charge in [0.1, 0.15) is 5.15 Å². The molecule has 0 amide bonds. The Morgan fingerprint density at radius 1 is 1.12 bits per heavy atom. The lowest BCUT2D eigenvalue weighted by atomic mass is 10.0. The molecule has 1 aliphatic rings. The number of ether oxygens (including phenoxy) is 1. The van der Waals surface area contributed by atoms with Crippen molar-refractivity contribution in [2.75, 3.05) is 20.4 Å². The molecular weight excluding hydrogens is 346 g/mol. The van der Waals surface area contributed by atoms with E-state index in [0.717, 1.165) is 18.7 Å². The van der Waals surface area contributed by atoms with Crippen molar-refractivity contribution < 1.29 is 4.74 Å². The number of methoxy groups -OCH3 is 1. The van der Waals surface area contributed by atoms with Crippen LogP contribution in [-0.2, 0) is 11.2 Å². The molecule has 0 spiro atoms. The van der Waals surface area contributed by atoms with Crippen LogP contribution in [0.25, 0.3) is 0 Å². The van der Waals surface area contributed by atoms with Crippen LogP contribution in [0, 0.1) is 6.92 Å². The Morgan fingerprint density at radius 3 is 2.50 bits per heavy atom. The van der Waals surface area contributed by atoms with Crippen LogP contribution in [0.4, 0.5) is 0 Å². The van der Waals surface area contributed by atoms with E-state index in [1.54, 1.807) is 7.11 Å². The molecule has 4 nitrogen and oxygen atoms in total. The van der Waals surface area contributed by atoms with Gasteiger partial charge >= 0.3 is 0 Å². The first-order valence-electron chi connectivity index (χ1n) is 8.92. The van der Waals surface area contributed by atoms with Crippen LogP contribution in [0.5, 0.6) is 0 Å². The van der Waals surface area contributed by atoms with Crippen molar-refractivity contribution in [2.45, 2.75) is 32.4 Å². The van der Waals surface area contributed by atoms with Gasteiger partial charge in [-0.25, -0.2) is 4.98 Å². The first-order chi connectivity index (χ1) is 12.6. The summed E-state index contributed by atoms with van der Waals surface area (Å²) >= 11 is 5.90. The normalized spacial score (nSPS) is 16.2. The van der Waals surface area contributed by atoms with E-state index in [-0.39, 0.29) is 6.04 Å². The largest absolute Gasteiger partial charge is 0.383 e. The molecule has 0 fully saturated rings. The summed E-state index contributed by atoms with van der Waals surface area (Å²) in [5, 5.41) is 0.526. The Kier molecular flexibility index (Phi) is 6.17. The lowest BCUT2D eigenvalue weighted by Gasteiger charge is -2.32. The summed E-state index contributed by atoms with van der Waals surface area (Å²) in [6, 6.07) is 13.2. The molecule has 2 atom stereocenters. The molecule has 1 aromatic heterocycles. The minimum absolute atomic E-state index is 0.239. The maximum atomic E-state index is 5.90. The van der Waals surface area contributed by atoms with Gasteiger partial charge < -0.3 is 14.5 Å². The quantitative estimate of drug-likeness (QED) is 0.674. The maximum Gasteiger partial charge on any atom is 0.129 e. The Bertz CT molecular complexity index is 730. The van der Waals surface area contributed by atoms with E-state index in [0.29, 0.717) is 17.8 Å². The zero-order valence-electron chi connectivity index (χ0n) is 15.6. The number of hydrogen-bond donors (Lipinski definition) is 0. The minimum Gasteiger partial charge on any atom is -0.383 e. The first kappa shape index (κ1) is 18.7. The minimum atomic E-state index is 0.239. The average molecular weight is 372 g/mol. The van der Waals surface area contributed by atoms with E-state index in [2.05, 4.69) is 65.3 Å². The second-order valence-corrected chi connectivity index (χ2v) is 7.24. The number of hydrogen-bond acceptors (Lipinski definition) is 4. The highest BCUT2D eigenvalue weighted by Crippen LogP contribution is 2.26. The van der Waals surface area contributed by atoms with Gasteiger partial charge in [0.25, 0.3) is 0 Å². The zero-order valence-corrected chi connectivity index (χ0v) is 16.4. The molecule has 3 rings (SSSR count). The highest BCUT2D eigenvalue weighted by molar-refractivity contribution is 6.29. The van der Waals surface area contributed by atoms with Gasteiger partial charge in [0.2, 0.25) is 0 Å². The van der Waals surface area contributed by atoms with Crippen LogP contribution in [0.3, 0.4) is 0 Å². The molecule has 0 saturated carbocycles. The summed E-state index contributed by atoms with van der Waals surface area (Å²) in [5.41, 5.74) is 3.77. The third kappa shape index (κ3) is 4.57. The molecule has 0 bridgehead atoms. The summed E-state index contributed by atoms with van der Waals surface area (Å²) < 4.78 is 5.49. The van der Waals surface area contributed by atoms with Gasteiger partial charge in [-0.05, 0) is 37.5 Å². The molecule has 2 heterocycles. The fourth-order valence-electron chi connectivity index (χ4n) is 3.23. The van der Waals surface area contributed by atoms with Crippen LogP contribution < -0.4 is 0 Å². The van der Waals surface area contributed by atoms with Crippen LogP contribution >= 0.6 is 11.6 Å². The van der Waals surface area contributed by atoms with Crippen molar-refractivity contribution in [3.05, 3.63) is 76.8 Å². The third-order valence-corrected chi connectivity index (χ3v) is 5.15. The number of aryl methyl sites for hydroxylation is 1. The summed E-state index contributed by atoms with van der Waals surface area (Å²) in [5.74, 6) is 0. The average Bonchev–Trinajstić information content (AvgIpc) is 3.13. The molecular formula is C21H26ClN3O. The molecule has 1 aromatic carbocycles. The van der Waals surface area contributed by atoms with Crippen LogP contribution in [0.1, 0.15) is 29.7 Å². The maximum absolute atomic E-state index is 5.90. The van der Waals surface area contributed by atoms with Crippen LogP contribution in [0.2, 0.25) is 5.15 Å². The Labute approximate surface area is 161 Å². The highest BCUT2D eigenvalue weighted by atomic mass is 35.5. The molecule has 138 valence electrons. The van der Waals surface area contributed by atoms with Gasteiger partial charge in [0.05, 0.1) is 25.4 Å². The second kappa shape index (κ2) is 8.56. The molecule has 2 aromatic rings. The summed E-state index contributed by atoms with van der Waals surface area (Å²) in [7, 11) is 1.77. The predicted octanol–water partition coefficient (Wildman–Crippen LogP) is 4.41. The number of benzene rings is 1. The van der Waals surface area contributed by atoms with Crippen molar-refractivity contribution in [2.24, 2.45) is 0 Å². The molecule has 0 N–H and O–H groups in total. The fourth-order valence-corrected chi connectivity index (χ4v) is 3.34.